The van der Waals surface area contributed by atoms with Gasteiger partial charge in [0.25, 0.3) is 5.91 Å². The van der Waals surface area contributed by atoms with Crippen molar-refractivity contribution in [1.82, 2.24) is 5.32 Å². The zero-order valence-electron chi connectivity index (χ0n) is 15.1. The fourth-order valence-corrected chi connectivity index (χ4v) is 2.48. The number of rotatable bonds is 7. The van der Waals surface area contributed by atoms with E-state index in [1.165, 1.54) is 28.4 Å². The number of nitrogens with one attached hydrogen (secondary N) is 1. The molecule has 2 aromatic carbocycles. The zero-order chi connectivity index (χ0) is 19.1. The molecule has 0 aromatic heterocycles. The summed E-state index contributed by atoms with van der Waals surface area (Å²) in [6.45, 7) is 0.215. The Labute approximate surface area is 151 Å². The van der Waals surface area contributed by atoms with Crippen LogP contribution in [0.25, 0.3) is 0 Å². The highest BCUT2D eigenvalue weighted by Crippen LogP contribution is 2.30. The van der Waals surface area contributed by atoms with Crippen LogP contribution < -0.4 is 19.5 Å². The van der Waals surface area contributed by atoms with E-state index in [9.17, 15) is 9.59 Å². The smallest absolute Gasteiger partial charge is 0.341 e. The third-order valence-corrected chi connectivity index (χ3v) is 3.77. The molecule has 26 heavy (non-hydrogen) atoms. The Kier molecular flexibility index (Phi) is 6.43. The van der Waals surface area contributed by atoms with E-state index in [0.717, 1.165) is 5.56 Å². The Hall–Kier alpha value is -3.22. The number of benzene rings is 2. The second-order valence-corrected chi connectivity index (χ2v) is 5.25. The second-order valence-electron chi connectivity index (χ2n) is 5.25. The topological polar surface area (TPSA) is 83.1 Å². The predicted octanol–water partition coefficient (Wildman–Crippen LogP) is 2.43. The average molecular weight is 359 g/mol. The number of ether oxygens (including phenoxy) is 4. The minimum Gasteiger partial charge on any atom is -0.496 e. The van der Waals surface area contributed by atoms with Gasteiger partial charge in [0.1, 0.15) is 11.3 Å². The van der Waals surface area contributed by atoms with Crippen LogP contribution in [0.3, 0.4) is 0 Å². The van der Waals surface area contributed by atoms with E-state index in [0.29, 0.717) is 28.4 Å². The Morgan fingerprint density at radius 2 is 1.62 bits per heavy atom. The molecule has 0 aliphatic heterocycles. The van der Waals surface area contributed by atoms with Crippen LogP contribution in [0.2, 0.25) is 0 Å². The van der Waals surface area contributed by atoms with E-state index < -0.39 is 5.97 Å². The lowest BCUT2D eigenvalue weighted by Gasteiger charge is -2.13. The molecule has 138 valence electrons. The molecular weight excluding hydrogens is 338 g/mol. The standard InChI is InChI=1S/C19H21NO6/c1-23-15-9-8-12(10-14(15)19(22)26-4)11-20-18(21)13-6-5-7-16(24-2)17(13)25-3/h5-10H,11H2,1-4H3,(H,20,21). The third-order valence-electron chi connectivity index (χ3n) is 3.77. The van der Waals surface area contributed by atoms with Gasteiger partial charge in [0.05, 0.1) is 34.0 Å². The van der Waals surface area contributed by atoms with Gasteiger partial charge in [-0.15, -0.1) is 0 Å². The summed E-state index contributed by atoms with van der Waals surface area (Å²) in [6, 6.07) is 10.1. The van der Waals surface area contributed by atoms with E-state index in [1.54, 1.807) is 36.4 Å². The molecule has 0 spiro atoms. The Balaban J connectivity index is 2.19. The molecule has 2 rings (SSSR count). The minimum atomic E-state index is -0.510. The lowest BCUT2D eigenvalue weighted by Crippen LogP contribution is -2.23. The maximum absolute atomic E-state index is 12.5. The summed E-state index contributed by atoms with van der Waals surface area (Å²) in [5, 5.41) is 2.80. The van der Waals surface area contributed by atoms with Gasteiger partial charge in [0.15, 0.2) is 11.5 Å². The van der Waals surface area contributed by atoms with E-state index in [2.05, 4.69) is 5.32 Å². The summed E-state index contributed by atoms with van der Waals surface area (Å²) in [5.74, 6) is 0.400. The lowest BCUT2D eigenvalue weighted by molar-refractivity contribution is 0.0597. The highest BCUT2D eigenvalue weighted by atomic mass is 16.5. The highest BCUT2D eigenvalue weighted by molar-refractivity contribution is 5.98. The second kappa shape index (κ2) is 8.75. The summed E-state index contributed by atoms with van der Waals surface area (Å²) in [7, 11) is 5.75. The Morgan fingerprint density at radius 3 is 2.23 bits per heavy atom. The molecule has 0 heterocycles. The van der Waals surface area contributed by atoms with Gasteiger partial charge in [-0.1, -0.05) is 12.1 Å². The molecule has 1 amide bonds. The van der Waals surface area contributed by atoms with Gasteiger partial charge in [0.2, 0.25) is 0 Å². The minimum absolute atomic E-state index is 0.215. The van der Waals surface area contributed by atoms with Crippen molar-refractivity contribution in [3.63, 3.8) is 0 Å². The van der Waals surface area contributed by atoms with E-state index in [1.807, 2.05) is 0 Å². The molecule has 0 radical (unpaired) electrons. The number of hydrogen-bond acceptors (Lipinski definition) is 6. The van der Waals surface area contributed by atoms with E-state index in [-0.39, 0.29) is 12.5 Å². The van der Waals surface area contributed by atoms with Crippen molar-refractivity contribution in [3.05, 3.63) is 53.1 Å². The van der Waals surface area contributed by atoms with Crippen LogP contribution in [0.4, 0.5) is 0 Å². The largest absolute Gasteiger partial charge is 0.496 e. The molecule has 0 aliphatic carbocycles. The molecule has 0 saturated heterocycles. The number of carbonyl (C=O) groups excluding carboxylic acids is 2. The van der Waals surface area contributed by atoms with Crippen molar-refractivity contribution in [2.45, 2.75) is 6.54 Å². The van der Waals surface area contributed by atoms with Crippen molar-refractivity contribution in [2.24, 2.45) is 0 Å². The molecule has 7 heteroatoms. The number of para-hydroxylation sites is 1. The third kappa shape index (κ3) is 4.05. The molecule has 0 bridgehead atoms. The summed E-state index contributed by atoms with van der Waals surface area (Å²) >= 11 is 0. The van der Waals surface area contributed by atoms with Crippen LogP contribution in [0, 0.1) is 0 Å². The molecule has 0 atom stereocenters. The summed E-state index contributed by atoms with van der Waals surface area (Å²) in [6.07, 6.45) is 0. The normalized spacial score (nSPS) is 10.0. The molecule has 0 fully saturated rings. The maximum Gasteiger partial charge on any atom is 0.341 e. The molecule has 7 nitrogen and oxygen atoms in total. The fourth-order valence-electron chi connectivity index (χ4n) is 2.48. The van der Waals surface area contributed by atoms with E-state index in [4.69, 9.17) is 18.9 Å². The first kappa shape index (κ1) is 19.1. The van der Waals surface area contributed by atoms with Crippen LogP contribution in [-0.2, 0) is 11.3 Å². The summed E-state index contributed by atoms with van der Waals surface area (Å²) in [4.78, 5) is 24.3. The van der Waals surface area contributed by atoms with Crippen LogP contribution in [0.1, 0.15) is 26.3 Å². The zero-order valence-corrected chi connectivity index (χ0v) is 15.1. The monoisotopic (exact) mass is 359 g/mol. The Morgan fingerprint density at radius 1 is 0.885 bits per heavy atom. The SMILES string of the molecule is COC(=O)c1cc(CNC(=O)c2cccc(OC)c2OC)ccc1OC. The van der Waals surface area contributed by atoms with Crippen molar-refractivity contribution >= 4 is 11.9 Å². The van der Waals surface area contributed by atoms with Gasteiger partial charge in [-0.25, -0.2) is 4.79 Å². The van der Waals surface area contributed by atoms with Gasteiger partial charge in [0, 0.05) is 6.54 Å². The first-order valence-electron chi connectivity index (χ1n) is 7.80. The average Bonchev–Trinajstić information content (AvgIpc) is 2.70. The fraction of sp³-hybridized carbons (Fsp3) is 0.263. The molecule has 0 saturated carbocycles. The van der Waals surface area contributed by atoms with Gasteiger partial charge in [-0.3, -0.25) is 4.79 Å². The number of esters is 1. The first-order valence-corrected chi connectivity index (χ1v) is 7.80. The number of methoxy groups -OCH3 is 4. The van der Waals surface area contributed by atoms with Crippen molar-refractivity contribution in [2.75, 3.05) is 28.4 Å². The first-order chi connectivity index (χ1) is 12.5. The van der Waals surface area contributed by atoms with Crippen molar-refractivity contribution in [1.29, 1.82) is 0 Å². The van der Waals surface area contributed by atoms with Crippen molar-refractivity contribution < 1.29 is 28.5 Å². The van der Waals surface area contributed by atoms with Crippen LogP contribution in [-0.4, -0.2) is 40.3 Å². The molecular formula is C19H21NO6. The van der Waals surface area contributed by atoms with E-state index >= 15 is 0 Å². The van der Waals surface area contributed by atoms with Gasteiger partial charge < -0.3 is 24.3 Å². The predicted molar refractivity (Wildman–Crippen MR) is 95.0 cm³/mol. The molecule has 1 N–H and O–H groups in total. The van der Waals surface area contributed by atoms with Crippen LogP contribution >= 0.6 is 0 Å². The van der Waals surface area contributed by atoms with Crippen molar-refractivity contribution in [3.8, 4) is 17.2 Å². The highest BCUT2D eigenvalue weighted by Gasteiger charge is 2.17. The summed E-state index contributed by atoms with van der Waals surface area (Å²) < 4.78 is 20.4. The maximum atomic E-state index is 12.5. The number of hydrogen-bond donors (Lipinski definition) is 1. The molecule has 2 aromatic rings. The number of carbonyl (C=O) groups is 2. The van der Waals surface area contributed by atoms with Gasteiger partial charge >= 0.3 is 5.97 Å². The van der Waals surface area contributed by atoms with Crippen LogP contribution in [0.15, 0.2) is 36.4 Å². The number of amides is 1. The summed E-state index contributed by atoms with van der Waals surface area (Å²) in [5.41, 5.74) is 1.37. The molecule has 0 aliphatic rings. The van der Waals surface area contributed by atoms with Gasteiger partial charge in [-0.05, 0) is 29.8 Å². The Bertz CT molecular complexity index is 803. The lowest BCUT2D eigenvalue weighted by atomic mass is 10.1. The van der Waals surface area contributed by atoms with Crippen LogP contribution in [0.5, 0.6) is 17.2 Å². The quantitative estimate of drug-likeness (QED) is 0.765. The molecule has 0 unspecified atom stereocenters. The van der Waals surface area contributed by atoms with Gasteiger partial charge in [-0.2, -0.15) is 0 Å².